The molecule has 0 aliphatic heterocycles. The van der Waals surface area contributed by atoms with Crippen molar-refractivity contribution in [1.82, 2.24) is 15.0 Å². The van der Waals surface area contributed by atoms with Crippen LogP contribution in [0.4, 0.5) is 0 Å². The monoisotopic (exact) mass is 242 g/mol. The molecule has 0 saturated carbocycles. The summed E-state index contributed by atoms with van der Waals surface area (Å²) in [4.78, 5) is 0. The summed E-state index contributed by atoms with van der Waals surface area (Å²) in [6.07, 6.45) is 2.85. The lowest BCUT2D eigenvalue weighted by Gasteiger charge is -2.22. The maximum absolute atomic E-state index is 8.56. The number of ether oxygens (including phenoxy) is 1. The van der Waals surface area contributed by atoms with E-state index in [-0.39, 0.29) is 12.0 Å². The predicted octanol–water partition coefficient (Wildman–Crippen LogP) is -0.0866. The summed E-state index contributed by atoms with van der Waals surface area (Å²) in [7, 11) is 0. The molecular formula is C11H22N4O2. The maximum Gasteiger partial charge on any atom is 0.0898 e. The summed E-state index contributed by atoms with van der Waals surface area (Å²) < 4.78 is 6.92. The zero-order chi connectivity index (χ0) is 12.7. The summed E-state index contributed by atoms with van der Waals surface area (Å²) in [6, 6.07) is 0. The van der Waals surface area contributed by atoms with Gasteiger partial charge >= 0.3 is 0 Å². The first-order valence-electron chi connectivity index (χ1n) is 5.95. The normalized spacial score (nSPS) is 14.8. The number of rotatable bonds is 8. The SMILES string of the molecule is CCC(C)(CN)c1cn(CCOCCO)nn1. The van der Waals surface area contributed by atoms with Gasteiger partial charge in [0.25, 0.3) is 0 Å². The molecule has 0 aromatic carbocycles. The molecule has 0 aliphatic rings. The van der Waals surface area contributed by atoms with Gasteiger partial charge in [-0.25, -0.2) is 4.68 Å². The molecule has 17 heavy (non-hydrogen) atoms. The Bertz CT molecular complexity index is 323. The largest absolute Gasteiger partial charge is 0.394 e. The lowest BCUT2D eigenvalue weighted by atomic mass is 9.85. The third kappa shape index (κ3) is 3.76. The summed E-state index contributed by atoms with van der Waals surface area (Å²) in [5, 5.41) is 16.8. The molecule has 0 bridgehead atoms. The van der Waals surface area contributed by atoms with Gasteiger partial charge in [0.1, 0.15) is 0 Å². The molecule has 0 aliphatic carbocycles. The van der Waals surface area contributed by atoms with E-state index in [9.17, 15) is 0 Å². The topological polar surface area (TPSA) is 86.2 Å². The van der Waals surface area contributed by atoms with Crippen molar-refractivity contribution >= 4 is 0 Å². The van der Waals surface area contributed by atoms with Crippen molar-refractivity contribution in [3.05, 3.63) is 11.9 Å². The number of aromatic nitrogens is 3. The number of aliphatic hydroxyl groups is 1. The molecule has 1 atom stereocenters. The second-order valence-corrected chi connectivity index (χ2v) is 4.32. The molecule has 0 amide bonds. The lowest BCUT2D eigenvalue weighted by Crippen LogP contribution is -2.31. The van der Waals surface area contributed by atoms with Crippen LogP contribution < -0.4 is 5.73 Å². The minimum Gasteiger partial charge on any atom is -0.394 e. The summed E-state index contributed by atoms with van der Waals surface area (Å²) >= 11 is 0. The summed E-state index contributed by atoms with van der Waals surface area (Å²) in [6.45, 7) is 6.30. The molecule has 3 N–H and O–H groups in total. The summed E-state index contributed by atoms with van der Waals surface area (Å²) in [5.41, 5.74) is 6.58. The third-order valence-corrected chi connectivity index (χ3v) is 3.09. The Balaban J connectivity index is 2.53. The molecule has 1 aromatic heterocycles. The number of nitrogens with zero attached hydrogens (tertiary/aromatic N) is 3. The van der Waals surface area contributed by atoms with Gasteiger partial charge in [-0.15, -0.1) is 5.10 Å². The average Bonchev–Trinajstić information content (AvgIpc) is 2.83. The zero-order valence-corrected chi connectivity index (χ0v) is 10.6. The van der Waals surface area contributed by atoms with Crippen molar-refractivity contribution in [3.8, 4) is 0 Å². The third-order valence-electron chi connectivity index (χ3n) is 3.09. The number of aliphatic hydroxyl groups excluding tert-OH is 1. The van der Waals surface area contributed by atoms with Crippen LogP contribution in [0.3, 0.4) is 0 Å². The van der Waals surface area contributed by atoms with Gasteiger partial charge in [-0.2, -0.15) is 0 Å². The fourth-order valence-electron chi connectivity index (χ4n) is 1.44. The molecule has 0 radical (unpaired) electrons. The van der Waals surface area contributed by atoms with Crippen molar-refractivity contribution < 1.29 is 9.84 Å². The van der Waals surface area contributed by atoms with E-state index in [4.69, 9.17) is 15.6 Å². The molecule has 6 heteroatoms. The highest BCUT2D eigenvalue weighted by Crippen LogP contribution is 2.23. The van der Waals surface area contributed by atoms with E-state index in [1.807, 2.05) is 6.20 Å². The van der Waals surface area contributed by atoms with E-state index in [1.165, 1.54) is 0 Å². The molecule has 98 valence electrons. The van der Waals surface area contributed by atoms with Gasteiger partial charge < -0.3 is 15.6 Å². The van der Waals surface area contributed by atoms with Crippen LogP contribution in [0.15, 0.2) is 6.20 Å². The fourth-order valence-corrected chi connectivity index (χ4v) is 1.44. The van der Waals surface area contributed by atoms with E-state index >= 15 is 0 Å². The molecule has 1 rings (SSSR count). The van der Waals surface area contributed by atoms with Crippen molar-refractivity contribution in [1.29, 1.82) is 0 Å². The number of hydrogen-bond donors (Lipinski definition) is 2. The quantitative estimate of drug-likeness (QED) is 0.622. The Morgan fingerprint density at radius 3 is 2.88 bits per heavy atom. The highest BCUT2D eigenvalue weighted by molar-refractivity contribution is 5.10. The molecule has 6 nitrogen and oxygen atoms in total. The van der Waals surface area contributed by atoms with Crippen molar-refractivity contribution in [2.24, 2.45) is 5.73 Å². The summed E-state index contributed by atoms with van der Waals surface area (Å²) in [5.74, 6) is 0. The minimum atomic E-state index is -0.107. The van der Waals surface area contributed by atoms with Crippen LogP contribution in [0.5, 0.6) is 0 Å². The van der Waals surface area contributed by atoms with Crippen LogP contribution in [0.25, 0.3) is 0 Å². The first-order chi connectivity index (χ1) is 8.16. The maximum atomic E-state index is 8.56. The molecule has 0 saturated heterocycles. The van der Waals surface area contributed by atoms with Gasteiger partial charge in [-0.1, -0.05) is 19.1 Å². The van der Waals surface area contributed by atoms with Crippen molar-refractivity contribution in [2.45, 2.75) is 32.2 Å². The van der Waals surface area contributed by atoms with Crippen LogP contribution in [-0.4, -0.2) is 46.5 Å². The van der Waals surface area contributed by atoms with E-state index < -0.39 is 0 Å². The Hall–Kier alpha value is -0.980. The zero-order valence-electron chi connectivity index (χ0n) is 10.6. The van der Waals surface area contributed by atoms with Gasteiger partial charge in [0.05, 0.1) is 32.1 Å². The molecule has 0 fully saturated rings. The van der Waals surface area contributed by atoms with Gasteiger partial charge in [-0.05, 0) is 6.42 Å². The lowest BCUT2D eigenvalue weighted by molar-refractivity contribution is 0.0851. The Morgan fingerprint density at radius 2 is 2.29 bits per heavy atom. The van der Waals surface area contributed by atoms with E-state index in [0.29, 0.717) is 26.3 Å². The molecule has 1 heterocycles. The Kier molecular flexibility index (Phi) is 5.54. The number of nitrogens with two attached hydrogens (primary N) is 1. The molecule has 0 spiro atoms. The molecular weight excluding hydrogens is 220 g/mol. The van der Waals surface area contributed by atoms with E-state index in [1.54, 1.807) is 4.68 Å². The highest BCUT2D eigenvalue weighted by Gasteiger charge is 2.26. The minimum absolute atomic E-state index is 0.0453. The Morgan fingerprint density at radius 1 is 1.53 bits per heavy atom. The van der Waals surface area contributed by atoms with Gasteiger partial charge in [0.2, 0.25) is 0 Å². The number of hydrogen-bond acceptors (Lipinski definition) is 5. The van der Waals surface area contributed by atoms with E-state index in [2.05, 4.69) is 24.2 Å². The van der Waals surface area contributed by atoms with Gasteiger partial charge in [-0.3, -0.25) is 0 Å². The molecule has 1 unspecified atom stereocenters. The molecule has 1 aromatic rings. The fraction of sp³-hybridized carbons (Fsp3) is 0.818. The predicted molar refractivity (Wildman–Crippen MR) is 64.6 cm³/mol. The van der Waals surface area contributed by atoms with Gasteiger partial charge in [0, 0.05) is 18.2 Å². The second kappa shape index (κ2) is 6.68. The van der Waals surface area contributed by atoms with Crippen LogP contribution in [0.2, 0.25) is 0 Å². The van der Waals surface area contributed by atoms with E-state index in [0.717, 1.165) is 12.1 Å². The van der Waals surface area contributed by atoms with Crippen molar-refractivity contribution in [2.75, 3.05) is 26.4 Å². The van der Waals surface area contributed by atoms with Crippen LogP contribution in [-0.2, 0) is 16.7 Å². The first-order valence-corrected chi connectivity index (χ1v) is 5.95. The highest BCUT2D eigenvalue weighted by atomic mass is 16.5. The second-order valence-electron chi connectivity index (χ2n) is 4.32. The van der Waals surface area contributed by atoms with Crippen LogP contribution in [0, 0.1) is 0 Å². The first kappa shape index (κ1) is 14.1. The van der Waals surface area contributed by atoms with Crippen LogP contribution in [0.1, 0.15) is 26.0 Å². The van der Waals surface area contributed by atoms with Crippen molar-refractivity contribution in [3.63, 3.8) is 0 Å². The van der Waals surface area contributed by atoms with Gasteiger partial charge in [0.15, 0.2) is 0 Å². The van der Waals surface area contributed by atoms with Crippen LogP contribution >= 0.6 is 0 Å². The average molecular weight is 242 g/mol. The standard InChI is InChI=1S/C11H22N4O2/c1-3-11(2,9-12)10-8-15(14-13-10)4-6-17-7-5-16/h8,16H,3-7,9,12H2,1-2H3. The smallest absolute Gasteiger partial charge is 0.0898 e. The Labute approximate surface area is 102 Å².